The van der Waals surface area contributed by atoms with Gasteiger partial charge in [-0.05, 0) is 20.8 Å². The Bertz CT molecular complexity index is 533. The van der Waals surface area contributed by atoms with Gasteiger partial charge in [0.1, 0.15) is 11.7 Å². The molecule has 1 aliphatic heterocycles. The highest BCUT2D eigenvalue weighted by Gasteiger charge is 2.25. The van der Waals surface area contributed by atoms with Crippen LogP contribution in [0.25, 0.3) is 0 Å². The number of aliphatic imine (C=N–C) groups is 1. The summed E-state index contributed by atoms with van der Waals surface area (Å²) in [6.07, 6.45) is 1.49. The molecule has 1 heterocycles. The van der Waals surface area contributed by atoms with Crippen molar-refractivity contribution in [1.29, 1.82) is 5.26 Å². The van der Waals surface area contributed by atoms with Gasteiger partial charge in [0.15, 0.2) is 17.3 Å². The number of carbonyl (C=O) groups is 1. The highest BCUT2D eigenvalue weighted by atomic mass is 16.6. The Kier molecular flexibility index (Phi) is 4.75. The minimum absolute atomic E-state index is 0.0259. The molecule has 0 atom stereocenters. The normalized spacial score (nSPS) is 17.0. The fourth-order valence-corrected chi connectivity index (χ4v) is 1.29. The molecule has 0 unspecified atom stereocenters. The Morgan fingerprint density at radius 3 is 2.45 bits per heavy atom. The van der Waals surface area contributed by atoms with E-state index in [0.29, 0.717) is 5.88 Å². The third kappa shape index (κ3) is 4.02. The first-order valence-electron chi connectivity index (χ1n) is 5.84. The van der Waals surface area contributed by atoms with Gasteiger partial charge in [-0.3, -0.25) is 0 Å². The largest absolute Gasteiger partial charge is 0.482 e. The first-order chi connectivity index (χ1) is 9.30. The summed E-state index contributed by atoms with van der Waals surface area (Å²) in [5, 5.41) is 11.9. The summed E-state index contributed by atoms with van der Waals surface area (Å²) in [4.78, 5) is 16.0. The lowest BCUT2D eigenvalue weighted by atomic mass is 10.2. The van der Waals surface area contributed by atoms with E-state index in [1.54, 1.807) is 26.8 Å². The minimum atomic E-state index is -0.765. The van der Waals surface area contributed by atoms with Crippen LogP contribution < -0.4 is 5.32 Å². The second kappa shape index (κ2) is 6.10. The summed E-state index contributed by atoms with van der Waals surface area (Å²) in [5.41, 5.74) is -0.959. The van der Waals surface area contributed by atoms with Crippen molar-refractivity contribution in [3.63, 3.8) is 0 Å². The second-order valence-corrected chi connectivity index (χ2v) is 4.83. The van der Waals surface area contributed by atoms with Crippen LogP contribution in [-0.4, -0.2) is 31.7 Å². The second-order valence-electron chi connectivity index (χ2n) is 4.83. The molecule has 1 N–H and O–H groups in total. The van der Waals surface area contributed by atoms with Crippen molar-refractivity contribution in [1.82, 2.24) is 5.32 Å². The monoisotopic (exact) mass is 279 g/mol. The lowest BCUT2D eigenvalue weighted by Gasteiger charge is -2.20. The highest BCUT2D eigenvalue weighted by Crippen LogP contribution is 2.16. The highest BCUT2D eigenvalue weighted by molar-refractivity contribution is 5.96. The van der Waals surface area contributed by atoms with Gasteiger partial charge in [-0.1, -0.05) is 0 Å². The van der Waals surface area contributed by atoms with Crippen LogP contribution >= 0.6 is 0 Å². The lowest BCUT2D eigenvalue weighted by molar-refractivity contribution is -0.149. The molecule has 0 spiro atoms. The number of esters is 1. The molecule has 0 amide bonds. The molecule has 0 fully saturated rings. The van der Waals surface area contributed by atoms with Crippen LogP contribution in [0.3, 0.4) is 0 Å². The molecule has 0 saturated heterocycles. The van der Waals surface area contributed by atoms with Crippen molar-refractivity contribution >= 4 is 11.9 Å². The average molecular weight is 279 g/mol. The van der Waals surface area contributed by atoms with Crippen LogP contribution in [0.2, 0.25) is 0 Å². The van der Waals surface area contributed by atoms with E-state index in [1.807, 2.05) is 0 Å². The fraction of sp³-hybridized carbons (Fsp3) is 0.462. The quantitative estimate of drug-likeness (QED) is 0.464. The molecule has 0 aliphatic carbocycles. The van der Waals surface area contributed by atoms with Crippen molar-refractivity contribution in [2.45, 2.75) is 26.4 Å². The number of carbonyl (C=O) groups excluding carboxylic acids is 1. The van der Waals surface area contributed by atoms with E-state index in [1.165, 1.54) is 20.3 Å². The van der Waals surface area contributed by atoms with Crippen LogP contribution in [0.1, 0.15) is 20.8 Å². The molecule has 7 heteroatoms. The first kappa shape index (κ1) is 15.6. The van der Waals surface area contributed by atoms with Crippen molar-refractivity contribution in [2.24, 2.45) is 4.99 Å². The van der Waals surface area contributed by atoms with Crippen LogP contribution in [0.5, 0.6) is 0 Å². The maximum absolute atomic E-state index is 12.0. The van der Waals surface area contributed by atoms with Crippen molar-refractivity contribution < 1.29 is 19.0 Å². The van der Waals surface area contributed by atoms with E-state index in [-0.39, 0.29) is 17.3 Å². The number of hydrogen-bond acceptors (Lipinski definition) is 7. The van der Waals surface area contributed by atoms with Crippen molar-refractivity contribution in [2.75, 3.05) is 14.2 Å². The van der Waals surface area contributed by atoms with Gasteiger partial charge in [0, 0.05) is 0 Å². The predicted molar refractivity (Wildman–Crippen MR) is 71.2 cm³/mol. The molecule has 0 saturated carbocycles. The molecule has 0 radical (unpaired) electrons. The van der Waals surface area contributed by atoms with Gasteiger partial charge in [-0.25, -0.2) is 4.79 Å². The van der Waals surface area contributed by atoms with Gasteiger partial charge >= 0.3 is 5.97 Å². The number of nitriles is 1. The molecule has 108 valence electrons. The summed E-state index contributed by atoms with van der Waals surface area (Å²) < 4.78 is 15.2. The number of nitrogens with one attached hydrogen (secondary N) is 1. The zero-order valence-electron chi connectivity index (χ0n) is 12.1. The van der Waals surface area contributed by atoms with Crippen molar-refractivity contribution in [3.8, 4) is 6.07 Å². The smallest absolute Gasteiger partial charge is 0.353 e. The molecule has 7 nitrogen and oxygen atoms in total. The summed E-state index contributed by atoms with van der Waals surface area (Å²) in [6.45, 7) is 5.13. The van der Waals surface area contributed by atoms with Crippen LogP contribution in [0, 0.1) is 11.3 Å². The van der Waals surface area contributed by atoms with E-state index in [2.05, 4.69) is 10.3 Å². The predicted octanol–water partition coefficient (Wildman–Crippen LogP) is 1.20. The number of nitrogens with zero attached hydrogens (tertiary/aromatic N) is 2. The van der Waals surface area contributed by atoms with Crippen LogP contribution in [0.15, 0.2) is 28.3 Å². The Labute approximate surface area is 117 Å². The van der Waals surface area contributed by atoms with Crippen molar-refractivity contribution in [3.05, 3.63) is 23.4 Å². The van der Waals surface area contributed by atoms with E-state index < -0.39 is 11.6 Å². The van der Waals surface area contributed by atoms with Gasteiger partial charge < -0.3 is 19.5 Å². The number of ether oxygens (including phenoxy) is 3. The number of methoxy groups -OCH3 is 2. The van der Waals surface area contributed by atoms with Crippen LogP contribution in [0.4, 0.5) is 0 Å². The van der Waals surface area contributed by atoms with E-state index >= 15 is 0 Å². The first-order valence-corrected chi connectivity index (χ1v) is 5.84. The molecule has 0 bridgehead atoms. The molecule has 0 aromatic heterocycles. The van der Waals surface area contributed by atoms with Gasteiger partial charge in [0.25, 0.3) is 0 Å². The van der Waals surface area contributed by atoms with E-state index in [0.717, 1.165) is 0 Å². The summed E-state index contributed by atoms with van der Waals surface area (Å²) in [6, 6.07) is 1.78. The average Bonchev–Trinajstić information content (AvgIpc) is 2.37. The zero-order chi connectivity index (χ0) is 15.3. The minimum Gasteiger partial charge on any atom is -0.482 e. The molecular weight excluding hydrogens is 262 g/mol. The maximum Gasteiger partial charge on any atom is 0.353 e. The molecule has 1 rings (SSSR count). The van der Waals surface area contributed by atoms with Gasteiger partial charge in [0.2, 0.25) is 5.90 Å². The summed E-state index contributed by atoms with van der Waals surface area (Å²) in [5.74, 6) is -0.216. The van der Waals surface area contributed by atoms with Gasteiger partial charge in [-0.15, -0.1) is 0 Å². The molecule has 0 aromatic carbocycles. The Balaban J connectivity index is 3.15. The zero-order valence-corrected chi connectivity index (χ0v) is 12.1. The maximum atomic E-state index is 12.0. The van der Waals surface area contributed by atoms with E-state index in [4.69, 9.17) is 19.5 Å². The Morgan fingerprint density at radius 2 is 2.00 bits per heavy atom. The Hall–Kier alpha value is -2.49. The topological polar surface area (TPSA) is 92.9 Å². The Morgan fingerprint density at radius 1 is 1.35 bits per heavy atom. The summed E-state index contributed by atoms with van der Waals surface area (Å²) in [7, 11) is 2.86. The summed E-state index contributed by atoms with van der Waals surface area (Å²) >= 11 is 0. The third-order valence-electron chi connectivity index (χ3n) is 2.10. The molecule has 0 aromatic rings. The lowest BCUT2D eigenvalue weighted by Crippen LogP contribution is -2.28. The molecular formula is C13H17N3O4. The number of hydrogen-bond donors (Lipinski definition) is 1. The molecule has 20 heavy (non-hydrogen) atoms. The third-order valence-corrected chi connectivity index (χ3v) is 2.10. The SMILES string of the molecule is COC1=CC(OC)=N/C(=C(/C#N)C(=O)OC(C)(C)C)N1. The van der Waals surface area contributed by atoms with Crippen LogP contribution in [-0.2, 0) is 19.0 Å². The van der Waals surface area contributed by atoms with Gasteiger partial charge in [0.05, 0.1) is 20.3 Å². The standard InChI is InChI=1S/C13H17N3O4/c1-13(2,3)20-12(17)8(7-14)11-15-9(18-4)6-10(16-11)19-5/h6,15H,1-5H3/b11-8-. The van der Waals surface area contributed by atoms with Gasteiger partial charge in [-0.2, -0.15) is 10.3 Å². The number of rotatable bonds is 2. The van der Waals surface area contributed by atoms with E-state index in [9.17, 15) is 4.79 Å². The fourth-order valence-electron chi connectivity index (χ4n) is 1.29. The molecule has 1 aliphatic rings.